The quantitative estimate of drug-likeness (QED) is 0.778. The molecule has 0 spiro atoms. The third-order valence-electron chi connectivity index (χ3n) is 2.86. The Labute approximate surface area is 99.1 Å². The molecule has 92 valence electrons. The summed E-state index contributed by atoms with van der Waals surface area (Å²) in [4.78, 5) is 7.97. The molecule has 0 amide bonds. The van der Waals surface area contributed by atoms with E-state index in [1.807, 2.05) is 13.2 Å². The standard InChI is InChI=1S/C13H25N3/c1-9(2)6-11-7-15-13(16-11)12(8-14-5)10(3)4/h7,9-10,12,14H,6,8H2,1-5H3,(H,15,16). The van der Waals surface area contributed by atoms with E-state index in [1.54, 1.807) is 0 Å². The van der Waals surface area contributed by atoms with Gasteiger partial charge in [-0.3, -0.25) is 0 Å². The second-order valence-corrected chi connectivity index (χ2v) is 5.30. The summed E-state index contributed by atoms with van der Waals surface area (Å²) >= 11 is 0. The Morgan fingerprint density at radius 3 is 2.50 bits per heavy atom. The SMILES string of the molecule is CNCC(c1ncc(CC(C)C)[nH]1)C(C)C. The minimum absolute atomic E-state index is 0.478. The van der Waals surface area contributed by atoms with Gasteiger partial charge in [0.1, 0.15) is 5.82 Å². The third kappa shape index (κ3) is 3.63. The van der Waals surface area contributed by atoms with Crippen LogP contribution in [-0.2, 0) is 6.42 Å². The molecule has 0 saturated heterocycles. The molecule has 3 heteroatoms. The molecular formula is C13H25N3. The Morgan fingerprint density at radius 1 is 1.31 bits per heavy atom. The maximum atomic E-state index is 4.51. The van der Waals surface area contributed by atoms with E-state index in [1.165, 1.54) is 5.69 Å². The Bertz CT molecular complexity index is 302. The second kappa shape index (κ2) is 6.04. The number of rotatable bonds is 6. The zero-order valence-corrected chi connectivity index (χ0v) is 11.2. The highest BCUT2D eigenvalue weighted by molar-refractivity contribution is 5.07. The van der Waals surface area contributed by atoms with Crippen LogP contribution in [0.5, 0.6) is 0 Å². The summed E-state index contributed by atoms with van der Waals surface area (Å²) < 4.78 is 0. The van der Waals surface area contributed by atoms with Crippen LogP contribution in [0.15, 0.2) is 6.20 Å². The van der Waals surface area contributed by atoms with Gasteiger partial charge in [-0.25, -0.2) is 4.98 Å². The fourth-order valence-electron chi connectivity index (χ4n) is 1.98. The fraction of sp³-hybridized carbons (Fsp3) is 0.769. The highest BCUT2D eigenvalue weighted by Gasteiger charge is 2.18. The Balaban J connectivity index is 2.73. The molecule has 0 fully saturated rings. The summed E-state index contributed by atoms with van der Waals surface area (Å²) in [5.41, 5.74) is 1.26. The molecular weight excluding hydrogens is 198 g/mol. The second-order valence-electron chi connectivity index (χ2n) is 5.30. The van der Waals surface area contributed by atoms with Crippen LogP contribution in [0.25, 0.3) is 0 Å². The van der Waals surface area contributed by atoms with Crippen molar-refractivity contribution in [1.82, 2.24) is 15.3 Å². The van der Waals surface area contributed by atoms with Crippen molar-refractivity contribution >= 4 is 0 Å². The summed E-state index contributed by atoms with van der Waals surface area (Å²) in [6.07, 6.45) is 3.07. The molecule has 0 aromatic carbocycles. The van der Waals surface area contributed by atoms with E-state index in [0.29, 0.717) is 17.8 Å². The average Bonchev–Trinajstić information content (AvgIpc) is 2.60. The van der Waals surface area contributed by atoms with Crippen LogP contribution >= 0.6 is 0 Å². The molecule has 1 aromatic rings. The van der Waals surface area contributed by atoms with Crippen molar-refractivity contribution in [2.75, 3.05) is 13.6 Å². The van der Waals surface area contributed by atoms with E-state index in [0.717, 1.165) is 18.8 Å². The van der Waals surface area contributed by atoms with Crippen molar-refractivity contribution in [3.05, 3.63) is 17.7 Å². The zero-order chi connectivity index (χ0) is 12.1. The van der Waals surface area contributed by atoms with Crippen LogP contribution in [0.4, 0.5) is 0 Å². The lowest BCUT2D eigenvalue weighted by molar-refractivity contribution is 0.460. The normalized spacial score (nSPS) is 13.7. The van der Waals surface area contributed by atoms with Gasteiger partial charge in [0.05, 0.1) is 0 Å². The summed E-state index contributed by atoms with van der Waals surface area (Å²) in [7, 11) is 1.99. The number of hydrogen-bond donors (Lipinski definition) is 2. The van der Waals surface area contributed by atoms with Crippen LogP contribution in [-0.4, -0.2) is 23.6 Å². The predicted octanol–water partition coefficient (Wildman–Crippen LogP) is 2.57. The van der Waals surface area contributed by atoms with Crippen LogP contribution in [0.3, 0.4) is 0 Å². The van der Waals surface area contributed by atoms with E-state index in [4.69, 9.17) is 0 Å². The maximum absolute atomic E-state index is 4.51. The number of aromatic nitrogens is 2. The van der Waals surface area contributed by atoms with E-state index >= 15 is 0 Å². The minimum Gasteiger partial charge on any atom is -0.346 e. The first kappa shape index (κ1) is 13.2. The minimum atomic E-state index is 0.478. The molecule has 1 rings (SSSR count). The Morgan fingerprint density at radius 2 is 2.00 bits per heavy atom. The first-order chi connectivity index (χ1) is 7.54. The number of aromatic amines is 1. The fourth-order valence-corrected chi connectivity index (χ4v) is 1.98. The molecule has 2 N–H and O–H groups in total. The number of hydrogen-bond acceptors (Lipinski definition) is 2. The van der Waals surface area contributed by atoms with Gasteiger partial charge in [-0.05, 0) is 25.3 Å². The molecule has 0 aliphatic rings. The van der Waals surface area contributed by atoms with Gasteiger partial charge in [0.25, 0.3) is 0 Å². The number of H-pyrrole nitrogens is 1. The van der Waals surface area contributed by atoms with E-state index in [-0.39, 0.29) is 0 Å². The number of imidazole rings is 1. The number of likely N-dealkylation sites (N-methyl/N-ethyl adjacent to an activating group) is 1. The van der Waals surface area contributed by atoms with Crippen molar-refractivity contribution in [3.8, 4) is 0 Å². The van der Waals surface area contributed by atoms with Crippen molar-refractivity contribution in [2.45, 2.75) is 40.0 Å². The topological polar surface area (TPSA) is 40.7 Å². The first-order valence-electron chi connectivity index (χ1n) is 6.23. The van der Waals surface area contributed by atoms with Crippen molar-refractivity contribution in [3.63, 3.8) is 0 Å². The van der Waals surface area contributed by atoms with E-state index in [2.05, 4.69) is 43.0 Å². The van der Waals surface area contributed by atoms with Crippen LogP contribution in [0.2, 0.25) is 0 Å². The lowest BCUT2D eigenvalue weighted by Gasteiger charge is -2.18. The largest absolute Gasteiger partial charge is 0.346 e. The Hall–Kier alpha value is -0.830. The zero-order valence-electron chi connectivity index (χ0n) is 11.2. The smallest absolute Gasteiger partial charge is 0.110 e. The Kier molecular flexibility index (Phi) is 5.00. The van der Waals surface area contributed by atoms with Crippen molar-refractivity contribution in [2.24, 2.45) is 11.8 Å². The highest BCUT2D eigenvalue weighted by atomic mass is 14.9. The average molecular weight is 223 g/mol. The monoisotopic (exact) mass is 223 g/mol. The van der Waals surface area contributed by atoms with Crippen LogP contribution < -0.4 is 5.32 Å². The summed E-state index contributed by atoms with van der Waals surface area (Å²) in [5.74, 6) is 2.88. The lowest BCUT2D eigenvalue weighted by atomic mass is 9.95. The summed E-state index contributed by atoms with van der Waals surface area (Å²) in [6.45, 7) is 9.92. The molecule has 3 nitrogen and oxygen atoms in total. The lowest BCUT2D eigenvalue weighted by Crippen LogP contribution is -2.22. The first-order valence-corrected chi connectivity index (χ1v) is 6.23. The van der Waals surface area contributed by atoms with Crippen LogP contribution in [0.1, 0.15) is 45.1 Å². The third-order valence-corrected chi connectivity index (χ3v) is 2.86. The molecule has 1 heterocycles. The highest BCUT2D eigenvalue weighted by Crippen LogP contribution is 2.21. The van der Waals surface area contributed by atoms with Crippen LogP contribution in [0, 0.1) is 11.8 Å². The summed E-state index contributed by atoms with van der Waals surface area (Å²) in [5, 5.41) is 3.24. The van der Waals surface area contributed by atoms with Gasteiger partial charge in [0, 0.05) is 24.4 Å². The van der Waals surface area contributed by atoms with Gasteiger partial charge in [0.15, 0.2) is 0 Å². The molecule has 0 radical (unpaired) electrons. The molecule has 0 aliphatic carbocycles. The molecule has 16 heavy (non-hydrogen) atoms. The van der Waals surface area contributed by atoms with Crippen molar-refractivity contribution in [1.29, 1.82) is 0 Å². The van der Waals surface area contributed by atoms with Gasteiger partial charge >= 0.3 is 0 Å². The maximum Gasteiger partial charge on any atom is 0.110 e. The van der Waals surface area contributed by atoms with E-state index in [9.17, 15) is 0 Å². The molecule has 1 unspecified atom stereocenters. The molecule has 0 aliphatic heterocycles. The van der Waals surface area contributed by atoms with Gasteiger partial charge in [-0.15, -0.1) is 0 Å². The van der Waals surface area contributed by atoms with E-state index < -0.39 is 0 Å². The van der Waals surface area contributed by atoms with Gasteiger partial charge in [-0.2, -0.15) is 0 Å². The molecule has 1 aromatic heterocycles. The number of nitrogens with zero attached hydrogens (tertiary/aromatic N) is 1. The molecule has 0 saturated carbocycles. The number of nitrogens with one attached hydrogen (secondary N) is 2. The van der Waals surface area contributed by atoms with Gasteiger partial charge in [0.2, 0.25) is 0 Å². The summed E-state index contributed by atoms with van der Waals surface area (Å²) in [6, 6.07) is 0. The van der Waals surface area contributed by atoms with Crippen molar-refractivity contribution < 1.29 is 0 Å². The molecule has 0 bridgehead atoms. The van der Waals surface area contributed by atoms with Gasteiger partial charge in [-0.1, -0.05) is 27.7 Å². The predicted molar refractivity (Wildman–Crippen MR) is 68.6 cm³/mol. The van der Waals surface area contributed by atoms with Gasteiger partial charge < -0.3 is 10.3 Å². The molecule has 1 atom stereocenters.